The lowest BCUT2D eigenvalue weighted by Gasteiger charge is -2.15. The van der Waals surface area contributed by atoms with E-state index >= 15 is 0 Å². The van der Waals surface area contributed by atoms with Crippen molar-refractivity contribution in [2.75, 3.05) is 25.0 Å². The minimum Gasteiger partial charge on any atom is -0.494 e. The van der Waals surface area contributed by atoms with Gasteiger partial charge in [0.2, 0.25) is 11.8 Å². The number of rotatable bonds is 8. The summed E-state index contributed by atoms with van der Waals surface area (Å²) in [6, 6.07) is 17.1. The molecule has 0 aromatic heterocycles. The van der Waals surface area contributed by atoms with E-state index in [1.165, 1.54) is 0 Å². The largest absolute Gasteiger partial charge is 0.494 e. The molecule has 1 aliphatic rings. The van der Waals surface area contributed by atoms with Crippen molar-refractivity contribution in [3.63, 3.8) is 0 Å². The fraction of sp³-hybridized carbons (Fsp3) is 0.364. The average molecular weight is 366 g/mol. The van der Waals surface area contributed by atoms with Crippen LogP contribution >= 0.6 is 0 Å². The Morgan fingerprint density at radius 1 is 0.963 bits per heavy atom. The molecule has 0 unspecified atom stereocenters. The van der Waals surface area contributed by atoms with Gasteiger partial charge < -0.3 is 15.0 Å². The van der Waals surface area contributed by atoms with Gasteiger partial charge in [-0.15, -0.1) is 0 Å². The first kappa shape index (κ1) is 19.0. The van der Waals surface area contributed by atoms with Crippen LogP contribution in [0.15, 0.2) is 54.6 Å². The molecule has 1 N–H and O–H groups in total. The highest BCUT2D eigenvalue weighted by molar-refractivity contribution is 5.90. The molecule has 3 rings (SSSR count). The Morgan fingerprint density at radius 2 is 1.67 bits per heavy atom. The molecule has 2 aromatic rings. The predicted octanol–water partition coefficient (Wildman–Crippen LogP) is 3.65. The number of likely N-dealkylation sites (tertiary alicyclic amines) is 1. The van der Waals surface area contributed by atoms with Gasteiger partial charge >= 0.3 is 0 Å². The lowest BCUT2D eigenvalue weighted by Crippen LogP contribution is -2.29. The van der Waals surface area contributed by atoms with Crippen molar-refractivity contribution in [1.82, 2.24) is 4.90 Å². The Hall–Kier alpha value is -2.82. The van der Waals surface area contributed by atoms with Crippen LogP contribution in [-0.2, 0) is 16.0 Å². The third-order valence-corrected chi connectivity index (χ3v) is 4.61. The SMILES string of the molecule is O=C(CCCOc1ccccc1)Nc1ccc(CC(=O)N2CCCC2)cc1. The summed E-state index contributed by atoms with van der Waals surface area (Å²) in [6.07, 6.45) is 3.69. The monoisotopic (exact) mass is 366 g/mol. The standard InChI is InChI=1S/C22H26N2O3/c25-21(9-6-16-27-20-7-2-1-3-8-20)23-19-12-10-18(11-13-19)17-22(26)24-14-4-5-15-24/h1-3,7-8,10-13H,4-6,9,14-17H2,(H,23,25). The molecule has 0 spiro atoms. The zero-order chi connectivity index (χ0) is 18.9. The summed E-state index contributed by atoms with van der Waals surface area (Å²) in [5.74, 6) is 0.965. The molecule has 1 aliphatic heterocycles. The van der Waals surface area contributed by atoms with Crippen LogP contribution in [0.3, 0.4) is 0 Å². The van der Waals surface area contributed by atoms with Gasteiger partial charge in [0.05, 0.1) is 13.0 Å². The number of anilines is 1. The third-order valence-electron chi connectivity index (χ3n) is 4.61. The predicted molar refractivity (Wildman–Crippen MR) is 106 cm³/mol. The van der Waals surface area contributed by atoms with E-state index in [1.807, 2.05) is 59.5 Å². The first-order chi connectivity index (χ1) is 13.2. The topological polar surface area (TPSA) is 58.6 Å². The second-order valence-corrected chi connectivity index (χ2v) is 6.77. The number of benzene rings is 2. The fourth-order valence-electron chi connectivity index (χ4n) is 3.12. The van der Waals surface area contributed by atoms with Gasteiger partial charge in [-0.1, -0.05) is 30.3 Å². The second kappa shape index (κ2) is 9.76. The smallest absolute Gasteiger partial charge is 0.226 e. The Labute approximate surface area is 160 Å². The highest BCUT2D eigenvalue weighted by Crippen LogP contribution is 2.14. The number of nitrogens with zero attached hydrogens (tertiary/aromatic N) is 1. The summed E-state index contributed by atoms with van der Waals surface area (Å²) >= 11 is 0. The number of ether oxygens (including phenoxy) is 1. The molecule has 5 heteroatoms. The number of hydrogen-bond donors (Lipinski definition) is 1. The van der Waals surface area contributed by atoms with E-state index in [1.54, 1.807) is 0 Å². The molecular formula is C22H26N2O3. The molecule has 5 nitrogen and oxygen atoms in total. The van der Waals surface area contributed by atoms with E-state index in [-0.39, 0.29) is 11.8 Å². The zero-order valence-corrected chi connectivity index (χ0v) is 15.5. The number of hydrogen-bond acceptors (Lipinski definition) is 3. The molecule has 2 aromatic carbocycles. The maximum absolute atomic E-state index is 12.2. The van der Waals surface area contributed by atoms with Crippen molar-refractivity contribution in [3.8, 4) is 5.75 Å². The van der Waals surface area contributed by atoms with Crippen molar-refractivity contribution in [2.45, 2.75) is 32.1 Å². The van der Waals surface area contributed by atoms with Gasteiger partial charge in [0.25, 0.3) is 0 Å². The lowest BCUT2D eigenvalue weighted by atomic mass is 10.1. The Bertz CT molecular complexity index is 738. The summed E-state index contributed by atoms with van der Waals surface area (Å²) in [7, 11) is 0. The summed E-state index contributed by atoms with van der Waals surface area (Å²) in [5, 5.41) is 2.89. The van der Waals surface area contributed by atoms with Gasteiger partial charge in [-0.05, 0) is 49.1 Å². The molecule has 2 amide bonds. The first-order valence-corrected chi connectivity index (χ1v) is 9.55. The third kappa shape index (κ3) is 6.13. The van der Waals surface area contributed by atoms with E-state index in [2.05, 4.69) is 5.32 Å². The van der Waals surface area contributed by atoms with Crippen LogP contribution in [0.1, 0.15) is 31.2 Å². The van der Waals surface area contributed by atoms with E-state index in [0.717, 1.165) is 42.9 Å². The molecule has 27 heavy (non-hydrogen) atoms. The van der Waals surface area contributed by atoms with E-state index < -0.39 is 0 Å². The maximum Gasteiger partial charge on any atom is 0.226 e. The molecule has 0 atom stereocenters. The molecule has 0 bridgehead atoms. The van der Waals surface area contributed by atoms with Crippen LogP contribution in [0.2, 0.25) is 0 Å². The van der Waals surface area contributed by atoms with Gasteiger partial charge in [0, 0.05) is 25.2 Å². The highest BCUT2D eigenvalue weighted by atomic mass is 16.5. The Morgan fingerprint density at radius 3 is 2.37 bits per heavy atom. The van der Waals surface area contributed by atoms with Gasteiger partial charge in [0.15, 0.2) is 0 Å². The fourth-order valence-corrected chi connectivity index (χ4v) is 3.12. The average Bonchev–Trinajstić information content (AvgIpc) is 3.23. The van der Waals surface area contributed by atoms with Crippen LogP contribution in [0, 0.1) is 0 Å². The molecule has 0 radical (unpaired) electrons. The van der Waals surface area contributed by atoms with Crippen molar-refractivity contribution >= 4 is 17.5 Å². The number of para-hydroxylation sites is 1. The number of nitrogens with one attached hydrogen (secondary N) is 1. The van der Waals surface area contributed by atoms with Crippen LogP contribution in [0.4, 0.5) is 5.69 Å². The molecule has 1 heterocycles. The van der Waals surface area contributed by atoms with Crippen molar-refractivity contribution < 1.29 is 14.3 Å². The van der Waals surface area contributed by atoms with Gasteiger partial charge in [-0.3, -0.25) is 9.59 Å². The summed E-state index contributed by atoms with van der Waals surface area (Å²) in [4.78, 5) is 26.1. The van der Waals surface area contributed by atoms with Crippen molar-refractivity contribution in [3.05, 3.63) is 60.2 Å². The first-order valence-electron chi connectivity index (χ1n) is 9.55. The van der Waals surface area contributed by atoms with E-state index in [4.69, 9.17) is 4.74 Å². The van der Waals surface area contributed by atoms with Crippen LogP contribution < -0.4 is 10.1 Å². The minimum atomic E-state index is -0.0347. The van der Waals surface area contributed by atoms with Gasteiger partial charge in [-0.25, -0.2) is 0 Å². The molecule has 0 saturated carbocycles. The van der Waals surface area contributed by atoms with Crippen LogP contribution in [0.25, 0.3) is 0 Å². The maximum atomic E-state index is 12.2. The normalized spacial score (nSPS) is 13.4. The number of carbonyl (C=O) groups is 2. The quantitative estimate of drug-likeness (QED) is 0.726. The molecule has 0 aliphatic carbocycles. The molecule has 1 fully saturated rings. The summed E-state index contributed by atoms with van der Waals surface area (Å²) < 4.78 is 5.59. The molecule has 142 valence electrons. The van der Waals surface area contributed by atoms with Gasteiger partial charge in [0.1, 0.15) is 5.75 Å². The lowest BCUT2D eigenvalue weighted by molar-refractivity contribution is -0.129. The number of carbonyl (C=O) groups excluding carboxylic acids is 2. The van der Waals surface area contributed by atoms with Crippen LogP contribution in [0.5, 0.6) is 5.75 Å². The Balaban J connectivity index is 1.37. The van der Waals surface area contributed by atoms with Gasteiger partial charge in [-0.2, -0.15) is 0 Å². The van der Waals surface area contributed by atoms with Crippen molar-refractivity contribution in [2.24, 2.45) is 0 Å². The Kier molecular flexibility index (Phi) is 6.85. The minimum absolute atomic E-state index is 0.0347. The van der Waals surface area contributed by atoms with Crippen LogP contribution in [-0.4, -0.2) is 36.4 Å². The zero-order valence-electron chi connectivity index (χ0n) is 15.5. The second-order valence-electron chi connectivity index (χ2n) is 6.77. The molecular weight excluding hydrogens is 340 g/mol. The van der Waals surface area contributed by atoms with E-state index in [0.29, 0.717) is 25.9 Å². The highest BCUT2D eigenvalue weighted by Gasteiger charge is 2.17. The number of amides is 2. The molecule has 1 saturated heterocycles. The van der Waals surface area contributed by atoms with Crippen molar-refractivity contribution in [1.29, 1.82) is 0 Å². The van der Waals surface area contributed by atoms with E-state index in [9.17, 15) is 9.59 Å². The summed E-state index contributed by atoms with van der Waals surface area (Å²) in [5.41, 5.74) is 1.72. The summed E-state index contributed by atoms with van der Waals surface area (Å²) in [6.45, 7) is 2.26.